The van der Waals surface area contributed by atoms with Gasteiger partial charge in [-0.3, -0.25) is 4.99 Å². The topological polar surface area (TPSA) is 83.3 Å². The molecule has 0 spiro atoms. The van der Waals surface area contributed by atoms with Crippen molar-refractivity contribution in [3.8, 4) is 0 Å². The van der Waals surface area contributed by atoms with Gasteiger partial charge in [-0.1, -0.05) is 0 Å². The van der Waals surface area contributed by atoms with Gasteiger partial charge in [0.1, 0.15) is 11.6 Å². The van der Waals surface area contributed by atoms with Gasteiger partial charge >= 0.3 is 0 Å². The van der Waals surface area contributed by atoms with Gasteiger partial charge in [-0.25, -0.2) is 14.6 Å². The highest BCUT2D eigenvalue weighted by Gasteiger charge is 2.21. The molecule has 0 amide bonds. The van der Waals surface area contributed by atoms with Crippen LogP contribution in [0.1, 0.15) is 36.6 Å². The van der Waals surface area contributed by atoms with E-state index in [1.165, 1.54) is 18.0 Å². The standard InChI is InChI=1S/C18H28N8S/c1-13-21-16-6-5-14(11-26(16)24-13)22-17(19-2)20-8-7-15-12-27-18(23-15)25-9-3-4-10-25/h12,14H,3-11H2,1-2H3,(H2,19,20,22). The molecule has 4 rings (SSSR count). The minimum Gasteiger partial charge on any atom is -0.356 e. The average molecular weight is 389 g/mol. The summed E-state index contributed by atoms with van der Waals surface area (Å²) in [6, 6.07) is 0.325. The second kappa shape index (κ2) is 8.24. The first-order valence-corrected chi connectivity index (χ1v) is 10.7. The predicted molar refractivity (Wildman–Crippen MR) is 109 cm³/mol. The lowest BCUT2D eigenvalue weighted by atomic mass is 10.1. The summed E-state index contributed by atoms with van der Waals surface area (Å²) in [6.45, 7) is 5.90. The van der Waals surface area contributed by atoms with Gasteiger partial charge in [0.2, 0.25) is 0 Å². The van der Waals surface area contributed by atoms with Crippen LogP contribution in [-0.2, 0) is 19.4 Å². The first-order valence-electron chi connectivity index (χ1n) is 9.78. The Morgan fingerprint density at radius 1 is 1.33 bits per heavy atom. The fourth-order valence-corrected chi connectivity index (χ4v) is 4.63. The fraction of sp³-hybridized carbons (Fsp3) is 0.667. The maximum absolute atomic E-state index is 4.78. The highest BCUT2D eigenvalue weighted by Crippen LogP contribution is 2.24. The molecule has 0 bridgehead atoms. The van der Waals surface area contributed by atoms with Gasteiger partial charge in [0.15, 0.2) is 11.1 Å². The molecule has 9 heteroatoms. The van der Waals surface area contributed by atoms with Gasteiger partial charge < -0.3 is 15.5 Å². The molecular formula is C18H28N8S. The molecule has 1 saturated heterocycles. The number of rotatable bonds is 5. The first-order chi connectivity index (χ1) is 13.2. The van der Waals surface area contributed by atoms with Crippen LogP contribution in [0.2, 0.25) is 0 Å². The molecule has 0 saturated carbocycles. The van der Waals surface area contributed by atoms with E-state index < -0.39 is 0 Å². The number of aliphatic imine (C=N–C) groups is 1. The number of fused-ring (bicyclic) bond motifs is 1. The summed E-state index contributed by atoms with van der Waals surface area (Å²) >= 11 is 1.76. The van der Waals surface area contributed by atoms with E-state index in [4.69, 9.17) is 4.98 Å². The van der Waals surface area contributed by atoms with E-state index in [2.05, 4.69) is 36.0 Å². The number of thiazole rings is 1. The molecule has 2 N–H and O–H groups in total. The molecule has 1 fully saturated rings. The van der Waals surface area contributed by atoms with Crippen molar-refractivity contribution in [2.45, 2.75) is 51.6 Å². The summed E-state index contributed by atoms with van der Waals surface area (Å²) in [5.74, 6) is 2.78. The Hall–Kier alpha value is -2.16. The van der Waals surface area contributed by atoms with Crippen LogP contribution in [0.4, 0.5) is 5.13 Å². The molecule has 0 aliphatic carbocycles. The van der Waals surface area contributed by atoms with Crippen molar-refractivity contribution >= 4 is 22.4 Å². The highest BCUT2D eigenvalue weighted by molar-refractivity contribution is 7.13. The summed E-state index contributed by atoms with van der Waals surface area (Å²) in [7, 11) is 1.82. The molecule has 2 aromatic heterocycles. The highest BCUT2D eigenvalue weighted by atomic mass is 32.1. The Morgan fingerprint density at radius 2 is 2.19 bits per heavy atom. The number of nitrogens with zero attached hydrogens (tertiary/aromatic N) is 6. The summed E-state index contributed by atoms with van der Waals surface area (Å²) < 4.78 is 2.01. The third kappa shape index (κ3) is 4.40. The van der Waals surface area contributed by atoms with Crippen LogP contribution in [0.3, 0.4) is 0 Å². The van der Waals surface area contributed by atoms with Crippen LogP contribution in [-0.4, -0.2) is 58.4 Å². The van der Waals surface area contributed by atoms with Crippen LogP contribution in [0, 0.1) is 6.92 Å². The number of aromatic nitrogens is 4. The van der Waals surface area contributed by atoms with Crippen LogP contribution < -0.4 is 15.5 Å². The van der Waals surface area contributed by atoms with E-state index in [1.54, 1.807) is 11.3 Å². The normalized spacial score (nSPS) is 20.0. The van der Waals surface area contributed by atoms with E-state index in [1.807, 2.05) is 18.7 Å². The molecule has 4 heterocycles. The van der Waals surface area contributed by atoms with E-state index in [0.29, 0.717) is 6.04 Å². The number of anilines is 1. The van der Waals surface area contributed by atoms with Gasteiger partial charge in [-0.15, -0.1) is 11.3 Å². The molecule has 2 aliphatic heterocycles. The van der Waals surface area contributed by atoms with Crippen molar-refractivity contribution in [3.05, 3.63) is 22.7 Å². The molecule has 1 atom stereocenters. The Bertz CT molecular complexity index is 789. The molecule has 27 heavy (non-hydrogen) atoms. The van der Waals surface area contributed by atoms with Crippen molar-refractivity contribution < 1.29 is 0 Å². The van der Waals surface area contributed by atoms with E-state index in [0.717, 1.165) is 68.7 Å². The van der Waals surface area contributed by atoms with Crippen molar-refractivity contribution in [2.75, 3.05) is 31.6 Å². The van der Waals surface area contributed by atoms with E-state index in [-0.39, 0.29) is 0 Å². The number of aryl methyl sites for hydroxylation is 2. The van der Waals surface area contributed by atoms with Gasteiger partial charge in [0, 0.05) is 50.9 Å². The maximum Gasteiger partial charge on any atom is 0.191 e. The van der Waals surface area contributed by atoms with Gasteiger partial charge in [0.05, 0.1) is 12.2 Å². The minimum absolute atomic E-state index is 0.325. The summed E-state index contributed by atoms with van der Waals surface area (Å²) in [5.41, 5.74) is 1.16. The summed E-state index contributed by atoms with van der Waals surface area (Å²) in [4.78, 5) is 16.0. The maximum atomic E-state index is 4.78. The van der Waals surface area contributed by atoms with Crippen molar-refractivity contribution in [3.63, 3.8) is 0 Å². The van der Waals surface area contributed by atoms with Crippen molar-refractivity contribution in [1.29, 1.82) is 0 Å². The second-order valence-corrected chi connectivity index (χ2v) is 8.04. The quantitative estimate of drug-likeness (QED) is 0.595. The van der Waals surface area contributed by atoms with Crippen LogP contribution in [0.25, 0.3) is 0 Å². The van der Waals surface area contributed by atoms with Crippen LogP contribution >= 0.6 is 11.3 Å². The summed E-state index contributed by atoms with van der Waals surface area (Å²) in [5, 5.41) is 14.8. The first kappa shape index (κ1) is 18.2. The van der Waals surface area contributed by atoms with Crippen molar-refractivity contribution in [2.24, 2.45) is 4.99 Å². The van der Waals surface area contributed by atoms with Crippen molar-refractivity contribution in [1.82, 2.24) is 30.4 Å². The van der Waals surface area contributed by atoms with Gasteiger partial charge in [-0.2, -0.15) is 5.10 Å². The molecule has 0 radical (unpaired) electrons. The molecule has 2 aromatic rings. The Morgan fingerprint density at radius 3 is 3.00 bits per heavy atom. The lowest BCUT2D eigenvalue weighted by Crippen LogP contribution is -2.47. The largest absolute Gasteiger partial charge is 0.356 e. The van der Waals surface area contributed by atoms with Gasteiger partial charge in [-0.05, 0) is 26.2 Å². The van der Waals surface area contributed by atoms with E-state index >= 15 is 0 Å². The Labute approximate surface area is 164 Å². The zero-order valence-electron chi connectivity index (χ0n) is 16.1. The number of hydrogen-bond acceptors (Lipinski definition) is 6. The molecular weight excluding hydrogens is 360 g/mol. The average Bonchev–Trinajstić information content (AvgIpc) is 3.40. The van der Waals surface area contributed by atoms with Crippen LogP contribution in [0.5, 0.6) is 0 Å². The Kier molecular flexibility index (Phi) is 5.56. The number of guanidine groups is 1. The third-order valence-corrected chi connectivity index (χ3v) is 6.07. The second-order valence-electron chi connectivity index (χ2n) is 7.20. The predicted octanol–water partition coefficient (Wildman–Crippen LogP) is 1.37. The Balaban J connectivity index is 1.24. The van der Waals surface area contributed by atoms with E-state index in [9.17, 15) is 0 Å². The molecule has 8 nitrogen and oxygen atoms in total. The van der Waals surface area contributed by atoms with Crippen LogP contribution in [0.15, 0.2) is 10.4 Å². The molecule has 0 aromatic carbocycles. The number of nitrogens with one attached hydrogen (secondary N) is 2. The summed E-state index contributed by atoms with van der Waals surface area (Å²) in [6.07, 6.45) is 5.48. The zero-order valence-corrected chi connectivity index (χ0v) is 16.9. The number of hydrogen-bond donors (Lipinski definition) is 2. The lowest BCUT2D eigenvalue weighted by Gasteiger charge is -2.25. The minimum atomic E-state index is 0.325. The SMILES string of the molecule is CN=C(NCCc1csc(N2CCCC2)n1)NC1CCc2nc(C)nn2C1. The third-order valence-electron chi connectivity index (χ3n) is 5.12. The fourth-order valence-electron chi connectivity index (χ4n) is 3.71. The monoisotopic (exact) mass is 388 g/mol. The molecule has 1 unspecified atom stereocenters. The zero-order chi connectivity index (χ0) is 18.6. The lowest BCUT2D eigenvalue weighted by molar-refractivity contribution is 0.392. The molecule has 146 valence electrons. The molecule has 2 aliphatic rings. The van der Waals surface area contributed by atoms with Gasteiger partial charge in [0.25, 0.3) is 0 Å². The smallest absolute Gasteiger partial charge is 0.191 e.